The van der Waals surface area contributed by atoms with Gasteiger partial charge in [0.05, 0.1) is 13.2 Å². The minimum absolute atomic E-state index is 0.129. The van der Waals surface area contributed by atoms with Crippen LogP contribution in [0.1, 0.15) is 18.1 Å². The van der Waals surface area contributed by atoms with Crippen molar-refractivity contribution in [1.29, 1.82) is 0 Å². The first kappa shape index (κ1) is 17.8. The molecule has 0 fully saturated rings. The Hall–Kier alpha value is -2.53. The second kappa shape index (κ2) is 9.57. The van der Waals surface area contributed by atoms with Crippen LogP contribution in [0.5, 0.6) is 5.75 Å². The minimum atomic E-state index is 0.129. The van der Waals surface area contributed by atoms with Crippen LogP contribution in [-0.2, 0) is 17.9 Å². The highest BCUT2D eigenvalue weighted by molar-refractivity contribution is 5.78. The Morgan fingerprint density at radius 2 is 1.88 bits per heavy atom. The average molecular weight is 327 g/mol. The Morgan fingerprint density at radius 1 is 1.12 bits per heavy atom. The molecule has 24 heavy (non-hydrogen) atoms. The number of nitrogens with one attached hydrogen (secondary N) is 1. The molecular weight excluding hydrogens is 302 g/mol. The first-order chi connectivity index (χ1) is 11.7. The Balaban J connectivity index is 1.88. The van der Waals surface area contributed by atoms with Gasteiger partial charge in [0.2, 0.25) is 0 Å². The number of rotatable bonds is 8. The number of benzene rings is 2. The van der Waals surface area contributed by atoms with Crippen LogP contribution in [-0.4, -0.2) is 25.7 Å². The Kier molecular flexibility index (Phi) is 7.11. The van der Waals surface area contributed by atoms with Gasteiger partial charge in [0, 0.05) is 13.2 Å². The molecule has 0 aliphatic carbocycles. The van der Waals surface area contributed by atoms with E-state index in [0.29, 0.717) is 25.7 Å². The van der Waals surface area contributed by atoms with Crippen LogP contribution >= 0.6 is 0 Å². The quantitative estimate of drug-likeness (QED) is 0.578. The van der Waals surface area contributed by atoms with Crippen molar-refractivity contribution < 1.29 is 9.47 Å². The molecule has 0 aromatic heterocycles. The van der Waals surface area contributed by atoms with Gasteiger partial charge in [-0.2, -0.15) is 0 Å². The SMILES string of the molecule is COCC(C)NC(N)=NCc1cccc(COc2ccccc2)c1. The standard InChI is InChI=1S/C19H25N3O2/c1-15(13-23-2)22-19(20)21-12-16-7-6-8-17(11-16)14-24-18-9-4-3-5-10-18/h3-11,15H,12-14H2,1-2H3,(H3,20,21,22). The van der Waals surface area contributed by atoms with Crippen LogP contribution in [0.15, 0.2) is 59.6 Å². The number of aliphatic imine (C=N–C) groups is 1. The van der Waals surface area contributed by atoms with Crippen molar-refractivity contribution in [2.45, 2.75) is 26.1 Å². The Labute approximate surface area is 143 Å². The summed E-state index contributed by atoms with van der Waals surface area (Å²) in [5, 5.41) is 3.09. The van der Waals surface area contributed by atoms with Crippen molar-refractivity contribution in [2.75, 3.05) is 13.7 Å². The summed E-state index contributed by atoms with van der Waals surface area (Å²) in [7, 11) is 1.66. The highest BCUT2D eigenvalue weighted by Gasteiger charge is 2.02. The molecule has 0 saturated heterocycles. The zero-order valence-corrected chi connectivity index (χ0v) is 14.2. The molecule has 0 radical (unpaired) electrons. The van der Waals surface area contributed by atoms with Crippen LogP contribution < -0.4 is 15.8 Å². The van der Waals surface area contributed by atoms with E-state index < -0.39 is 0 Å². The molecule has 3 N–H and O–H groups in total. The number of nitrogens with zero attached hydrogens (tertiary/aromatic N) is 1. The third-order valence-electron chi connectivity index (χ3n) is 3.38. The third kappa shape index (κ3) is 6.30. The number of hydrogen-bond acceptors (Lipinski definition) is 3. The summed E-state index contributed by atoms with van der Waals surface area (Å²) in [5.74, 6) is 1.28. The van der Waals surface area contributed by atoms with Gasteiger partial charge in [-0.15, -0.1) is 0 Å². The van der Waals surface area contributed by atoms with Crippen LogP contribution in [0, 0.1) is 0 Å². The van der Waals surface area contributed by atoms with Gasteiger partial charge in [0.15, 0.2) is 5.96 Å². The number of hydrogen-bond donors (Lipinski definition) is 2. The maximum absolute atomic E-state index is 5.88. The van der Waals surface area contributed by atoms with Crippen molar-refractivity contribution in [3.05, 3.63) is 65.7 Å². The van der Waals surface area contributed by atoms with Crippen molar-refractivity contribution in [3.63, 3.8) is 0 Å². The first-order valence-electron chi connectivity index (χ1n) is 7.98. The fourth-order valence-electron chi connectivity index (χ4n) is 2.27. The van der Waals surface area contributed by atoms with E-state index in [9.17, 15) is 0 Å². The third-order valence-corrected chi connectivity index (χ3v) is 3.38. The number of guanidine groups is 1. The zero-order chi connectivity index (χ0) is 17.2. The van der Waals surface area contributed by atoms with Gasteiger partial charge in [-0.3, -0.25) is 0 Å². The molecule has 1 atom stereocenters. The van der Waals surface area contributed by atoms with Gasteiger partial charge in [0.1, 0.15) is 12.4 Å². The summed E-state index contributed by atoms with van der Waals surface area (Å²) in [6.07, 6.45) is 0. The molecule has 0 saturated carbocycles. The average Bonchev–Trinajstić information content (AvgIpc) is 2.60. The van der Waals surface area contributed by atoms with E-state index in [-0.39, 0.29) is 6.04 Å². The van der Waals surface area contributed by atoms with Gasteiger partial charge in [0.25, 0.3) is 0 Å². The van der Waals surface area contributed by atoms with E-state index in [4.69, 9.17) is 15.2 Å². The first-order valence-corrected chi connectivity index (χ1v) is 7.98. The minimum Gasteiger partial charge on any atom is -0.489 e. The predicted molar refractivity (Wildman–Crippen MR) is 97.0 cm³/mol. The number of para-hydroxylation sites is 1. The molecule has 5 nitrogen and oxygen atoms in total. The molecule has 0 bridgehead atoms. The molecule has 128 valence electrons. The van der Waals surface area contributed by atoms with Gasteiger partial charge < -0.3 is 20.5 Å². The lowest BCUT2D eigenvalue weighted by Crippen LogP contribution is -2.40. The van der Waals surface area contributed by atoms with E-state index in [1.165, 1.54) is 0 Å². The van der Waals surface area contributed by atoms with Crippen molar-refractivity contribution in [3.8, 4) is 5.75 Å². The summed E-state index contributed by atoms with van der Waals surface area (Å²) in [5.41, 5.74) is 8.08. The second-order valence-corrected chi connectivity index (χ2v) is 5.62. The highest BCUT2D eigenvalue weighted by atomic mass is 16.5. The molecule has 0 amide bonds. The van der Waals surface area contributed by atoms with Gasteiger partial charge in [-0.1, -0.05) is 42.5 Å². The molecule has 2 aromatic carbocycles. The lowest BCUT2D eigenvalue weighted by Gasteiger charge is -2.13. The topological polar surface area (TPSA) is 68.9 Å². The fraction of sp³-hybridized carbons (Fsp3) is 0.316. The second-order valence-electron chi connectivity index (χ2n) is 5.62. The van der Waals surface area contributed by atoms with E-state index in [1.807, 2.05) is 55.5 Å². The molecule has 5 heteroatoms. The smallest absolute Gasteiger partial charge is 0.189 e. The molecule has 2 aromatic rings. The molecule has 0 aliphatic heterocycles. The van der Waals surface area contributed by atoms with Crippen LogP contribution in [0.3, 0.4) is 0 Å². The maximum atomic E-state index is 5.88. The van der Waals surface area contributed by atoms with E-state index in [2.05, 4.69) is 16.4 Å². The summed E-state index contributed by atoms with van der Waals surface area (Å²) in [6, 6.07) is 18.1. The molecule has 2 rings (SSSR count). The molecule has 0 heterocycles. The van der Waals surface area contributed by atoms with Gasteiger partial charge >= 0.3 is 0 Å². The normalized spacial score (nSPS) is 12.7. The summed E-state index contributed by atoms with van der Waals surface area (Å²) < 4.78 is 10.8. The van der Waals surface area contributed by atoms with Crippen molar-refractivity contribution >= 4 is 5.96 Å². The Bertz CT molecular complexity index is 644. The monoisotopic (exact) mass is 327 g/mol. The molecule has 0 spiro atoms. The van der Waals surface area contributed by atoms with E-state index in [0.717, 1.165) is 16.9 Å². The number of ether oxygens (including phenoxy) is 2. The summed E-state index contributed by atoms with van der Waals surface area (Å²) in [6.45, 7) is 3.63. The van der Waals surface area contributed by atoms with Crippen molar-refractivity contribution in [1.82, 2.24) is 5.32 Å². The molecule has 1 unspecified atom stereocenters. The summed E-state index contributed by atoms with van der Waals surface area (Å²) >= 11 is 0. The molecule has 0 aliphatic rings. The largest absolute Gasteiger partial charge is 0.489 e. The van der Waals surface area contributed by atoms with Crippen LogP contribution in [0.4, 0.5) is 0 Å². The highest BCUT2D eigenvalue weighted by Crippen LogP contribution is 2.13. The summed E-state index contributed by atoms with van der Waals surface area (Å²) in [4.78, 5) is 4.36. The predicted octanol–water partition coefficient (Wildman–Crippen LogP) is 2.70. The molecular formula is C19H25N3O2. The van der Waals surface area contributed by atoms with Crippen molar-refractivity contribution in [2.24, 2.45) is 10.7 Å². The van der Waals surface area contributed by atoms with E-state index >= 15 is 0 Å². The number of methoxy groups -OCH3 is 1. The lowest BCUT2D eigenvalue weighted by atomic mass is 10.1. The van der Waals surface area contributed by atoms with Crippen LogP contribution in [0.25, 0.3) is 0 Å². The van der Waals surface area contributed by atoms with Gasteiger partial charge in [-0.25, -0.2) is 4.99 Å². The lowest BCUT2D eigenvalue weighted by molar-refractivity contribution is 0.179. The van der Waals surface area contributed by atoms with E-state index in [1.54, 1.807) is 7.11 Å². The van der Waals surface area contributed by atoms with Crippen LogP contribution in [0.2, 0.25) is 0 Å². The van der Waals surface area contributed by atoms with Gasteiger partial charge in [-0.05, 0) is 30.2 Å². The number of nitrogens with two attached hydrogens (primary N) is 1. The fourth-order valence-corrected chi connectivity index (χ4v) is 2.27. The maximum Gasteiger partial charge on any atom is 0.189 e. The zero-order valence-electron chi connectivity index (χ0n) is 14.2. The Morgan fingerprint density at radius 3 is 2.62 bits per heavy atom.